The maximum atomic E-state index is 12.6. The molecule has 3 nitrogen and oxygen atoms in total. The van der Waals surface area contributed by atoms with E-state index in [0.29, 0.717) is 5.56 Å². The van der Waals surface area contributed by atoms with E-state index in [1.165, 1.54) is 34.4 Å². The fourth-order valence-electron chi connectivity index (χ4n) is 3.78. The molecule has 0 atom stereocenters. The van der Waals surface area contributed by atoms with Crippen molar-refractivity contribution in [2.45, 2.75) is 33.2 Å². The zero-order valence-corrected chi connectivity index (χ0v) is 16.5. The van der Waals surface area contributed by atoms with Gasteiger partial charge in [0.25, 0.3) is 5.91 Å². The number of benzene rings is 3. The Morgan fingerprint density at radius 1 is 0.964 bits per heavy atom. The lowest BCUT2D eigenvalue weighted by molar-refractivity contribution is 0.102. The SMILES string of the molecule is Cc1ccc(NC(=O)c2ccc(CN3CCCc4ccccc43)cc2)cc1C. The molecule has 1 amide bonds. The number of fused-ring (bicyclic) bond motifs is 1. The van der Waals surface area contributed by atoms with E-state index in [4.69, 9.17) is 0 Å². The van der Waals surface area contributed by atoms with Crippen LogP contribution in [0.2, 0.25) is 0 Å². The van der Waals surface area contributed by atoms with Crippen LogP contribution in [0.15, 0.2) is 66.7 Å². The average Bonchev–Trinajstić information content (AvgIpc) is 2.71. The molecule has 1 aliphatic heterocycles. The first-order chi connectivity index (χ1) is 13.6. The number of carbonyl (C=O) groups excluding carboxylic acids is 1. The zero-order valence-electron chi connectivity index (χ0n) is 16.5. The van der Waals surface area contributed by atoms with E-state index in [9.17, 15) is 4.79 Å². The molecule has 0 radical (unpaired) electrons. The van der Waals surface area contributed by atoms with Gasteiger partial charge in [0, 0.05) is 30.0 Å². The van der Waals surface area contributed by atoms with Gasteiger partial charge in [-0.15, -0.1) is 0 Å². The Morgan fingerprint density at radius 2 is 1.75 bits per heavy atom. The van der Waals surface area contributed by atoms with Crippen molar-refractivity contribution < 1.29 is 4.79 Å². The van der Waals surface area contributed by atoms with Gasteiger partial charge >= 0.3 is 0 Å². The van der Waals surface area contributed by atoms with Crippen LogP contribution in [0.1, 0.15) is 39.0 Å². The Bertz CT molecular complexity index is 992. The molecule has 142 valence electrons. The van der Waals surface area contributed by atoms with Gasteiger partial charge in [0.15, 0.2) is 0 Å². The molecule has 3 heteroatoms. The standard InChI is InChI=1S/C25H26N2O/c1-18-9-14-23(16-19(18)2)26-25(28)22-12-10-20(11-13-22)17-27-15-5-7-21-6-3-4-8-24(21)27/h3-4,6,8-14,16H,5,7,15,17H2,1-2H3,(H,26,28). The molecule has 0 unspecified atom stereocenters. The maximum Gasteiger partial charge on any atom is 0.255 e. The Balaban J connectivity index is 1.44. The Morgan fingerprint density at radius 3 is 2.54 bits per heavy atom. The monoisotopic (exact) mass is 370 g/mol. The molecule has 1 aliphatic rings. The molecular formula is C25H26N2O. The lowest BCUT2D eigenvalue weighted by atomic mass is 10.0. The predicted octanol–water partition coefficient (Wildman–Crippen LogP) is 5.51. The molecule has 0 fully saturated rings. The van der Waals surface area contributed by atoms with Crippen molar-refractivity contribution in [3.8, 4) is 0 Å². The number of para-hydroxylation sites is 1. The summed E-state index contributed by atoms with van der Waals surface area (Å²) in [5.41, 5.74) is 7.91. The van der Waals surface area contributed by atoms with Crippen molar-refractivity contribution >= 4 is 17.3 Å². The molecule has 0 saturated heterocycles. The third-order valence-corrected chi connectivity index (χ3v) is 5.56. The van der Waals surface area contributed by atoms with E-state index in [-0.39, 0.29) is 5.91 Å². The van der Waals surface area contributed by atoms with E-state index in [2.05, 4.69) is 60.5 Å². The van der Waals surface area contributed by atoms with Crippen LogP contribution >= 0.6 is 0 Å². The molecule has 3 aromatic rings. The van der Waals surface area contributed by atoms with E-state index < -0.39 is 0 Å². The molecule has 4 rings (SSSR count). The molecule has 0 bridgehead atoms. The fraction of sp³-hybridized carbons (Fsp3) is 0.240. The van der Waals surface area contributed by atoms with E-state index >= 15 is 0 Å². The van der Waals surface area contributed by atoms with Crippen LogP contribution in [0, 0.1) is 13.8 Å². The molecule has 28 heavy (non-hydrogen) atoms. The van der Waals surface area contributed by atoms with Crippen molar-refractivity contribution in [3.63, 3.8) is 0 Å². The van der Waals surface area contributed by atoms with Gasteiger partial charge in [0.1, 0.15) is 0 Å². The minimum atomic E-state index is -0.0712. The number of aryl methyl sites for hydroxylation is 3. The summed E-state index contributed by atoms with van der Waals surface area (Å²) in [7, 11) is 0. The second-order valence-electron chi connectivity index (χ2n) is 7.60. The zero-order chi connectivity index (χ0) is 19.5. The number of hydrogen-bond donors (Lipinski definition) is 1. The number of amides is 1. The number of nitrogens with zero attached hydrogens (tertiary/aromatic N) is 1. The Hall–Kier alpha value is -3.07. The minimum Gasteiger partial charge on any atom is -0.367 e. The fourth-order valence-corrected chi connectivity index (χ4v) is 3.78. The summed E-state index contributed by atoms with van der Waals surface area (Å²) in [6.07, 6.45) is 2.34. The van der Waals surface area contributed by atoms with Crippen molar-refractivity contribution in [3.05, 3.63) is 94.5 Å². The van der Waals surface area contributed by atoms with Crippen molar-refractivity contribution in [2.24, 2.45) is 0 Å². The lowest BCUT2D eigenvalue weighted by Gasteiger charge is -2.31. The molecular weight excluding hydrogens is 344 g/mol. The van der Waals surface area contributed by atoms with Crippen LogP contribution < -0.4 is 10.2 Å². The highest BCUT2D eigenvalue weighted by molar-refractivity contribution is 6.04. The number of hydrogen-bond acceptors (Lipinski definition) is 2. The summed E-state index contributed by atoms with van der Waals surface area (Å²) in [6.45, 7) is 6.07. The van der Waals surface area contributed by atoms with Crippen molar-refractivity contribution in [1.29, 1.82) is 0 Å². The largest absolute Gasteiger partial charge is 0.367 e. The van der Waals surface area contributed by atoms with Gasteiger partial charge in [-0.05, 0) is 79.3 Å². The van der Waals surface area contributed by atoms with Gasteiger partial charge < -0.3 is 10.2 Å². The number of anilines is 2. The maximum absolute atomic E-state index is 12.6. The summed E-state index contributed by atoms with van der Waals surface area (Å²) in [5, 5.41) is 2.99. The molecule has 1 N–H and O–H groups in total. The van der Waals surface area contributed by atoms with Gasteiger partial charge in [0.2, 0.25) is 0 Å². The van der Waals surface area contributed by atoms with Gasteiger partial charge in [-0.1, -0.05) is 36.4 Å². The molecule has 0 aliphatic carbocycles. The highest BCUT2D eigenvalue weighted by Crippen LogP contribution is 2.28. The van der Waals surface area contributed by atoms with Crippen molar-refractivity contribution in [2.75, 3.05) is 16.8 Å². The van der Waals surface area contributed by atoms with E-state index in [0.717, 1.165) is 25.2 Å². The summed E-state index contributed by atoms with van der Waals surface area (Å²) >= 11 is 0. The van der Waals surface area contributed by atoms with Crippen LogP contribution in [-0.2, 0) is 13.0 Å². The summed E-state index contributed by atoms with van der Waals surface area (Å²) in [4.78, 5) is 15.0. The first-order valence-electron chi connectivity index (χ1n) is 9.90. The van der Waals surface area contributed by atoms with Gasteiger partial charge in [-0.2, -0.15) is 0 Å². The first kappa shape index (κ1) is 18.3. The Labute approximate surface area is 167 Å². The molecule has 0 saturated carbocycles. The third kappa shape index (κ3) is 3.94. The normalized spacial score (nSPS) is 13.1. The second-order valence-corrected chi connectivity index (χ2v) is 7.60. The quantitative estimate of drug-likeness (QED) is 0.657. The molecule has 3 aromatic carbocycles. The third-order valence-electron chi connectivity index (χ3n) is 5.56. The van der Waals surface area contributed by atoms with E-state index in [1.807, 2.05) is 30.3 Å². The highest BCUT2D eigenvalue weighted by atomic mass is 16.1. The van der Waals surface area contributed by atoms with Crippen LogP contribution in [0.25, 0.3) is 0 Å². The lowest BCUT2D eigenvalue weighted by Crippen LogP contribution is -2.28. The summed E-state index contributed by atoms with van der Waals surface area (Å²) < 4.78 is 0. The Kier molecular flexibility index (Phi) is 5.16. The van der Waals surface area contributed by atoms with Crippen LogP contribution in [-0.4, -0.2) is 12.5 Å². The second kappa shape index (κ2) is 7.89. The van der Waals surface area contributed by atoms with Crippen LogP contribution in [0.3, 0.4) is 0 Å². The number of carbonyl (C=O) groups is 1. The molecule has 0 spiro atoms. The summed E-state index contributed by atoms with van der Waals surface area (Å²) in [6, 6.07) is 22.6. The van der Waals surface area contributed by atoms with Gasteiger partial charge in [-0.3, -0.25) is 4.79 Å². The van der Waals surface area contributed by atoms with Gasteiger partial charge in [0.05, 0.1) is 0 Å². The highest BCUT2D eigenvalue weighted by Gasteiger charge is 2.16. The smallest absolute Gasteiger partial charge is 0.255 e. The average molecular weight is 370 g/mol. The van der Waals surface area contributed by atoms with Crippen LogP contribution in [0.5, 0.6) is 0 Å². The molecule has 0 aromatic heterocycles. The van der Waals surface area contributed by atoms with E-state index in [1.54, 1.807) is 0 Å². The predicted molar refractivity (Wildman–Crippen MR) is 116 cm³/mol. The minimum absolute atomic E-state index is 0.0712. The summed E-state index contributed by atoms with van der Waals surface area (Å²) in [5.74, 6) is -0.0712. The molecule has 1 heterocycles. The topological polar surface area (TPSA) is 32.3 Å². The first-order valence-corrected chi connectivity index (χ1v) is 9.90. The van der Waals surface area contributed by atoms with Crippen LogP contribution in [0.4, 0.5) is 11.4 Å². The number of nitrogens with one attached hydrogen (secondary N) is 1. The van der Waals surface area contributed by atoms with Gasteiger partial charge in [-0.25, -0.2) is 0 Å². The number of rotatable bonds is 4. The van der Waals surface area contributed by atoms with Crippen molar-refractivity contribution in [1.82, 2.24) is 0 Å².